The van der Waals surface area contributed by atoms with Gasteiger partial charge in [0.25, 0.3) is 0 Å². The summed E-state index contributed by atoms with van der Waals surface area (Å²) in [6, 6.07) is 6.59. The van der Waals surface area contributed by atoms with E-state index in [0.29, 0.717) is 18.1 Å². The number of esters is 1. The molecule has 1 fully saturated rings. The smallest absolute Gasteiger partial charge is 0.322 e. The minimum atomic E-state index is -0.645. The van der Waals surface area contributed by atoms with Gasteiger partial charge in [-0.05, 0) is 23.6 Å². The van der Waals surface area contributed by atoms with E-state index < -0.39 is 12.0 Å². The number of rotatable bonds is 11. The van der Waals surface area contributed by atoms with Gasteiger partial charge in [-0.15, -0.1) is 0 Å². The van der Waals surface area contributed by atoms with Crippen LogP contribution in [0.2, 0.25) is 0 Å². The second-order valence-corrected chi connectivity index (χ2v) is 8.28. The predicted molar refractivity (Wildman–Crippen MR) is 148 cm³/mol. The van der Waals surface area contributed by atoms with Gasteiger partial charge in [0.15, 0.2) is 5.69 Å². The van der Waals surface area contributed by atoms with Crippen LogP contribution in [0.15, 0.2) is 67.2 Å². The van der Waals surface area contributed by atoms with Gasteiger partial charge in [-0.2, -0.15) is 9.97 Å². The Morgan fingerprint density at radius 3 is 2.54 bits per heavy atom. The number of amides is 1. The molecule has 1 aliphatic rings. The van der Waals surface area contributed by atoms with Gasteiger partial charge >= 0.3 is 12.0 Å². The van der Waals surface area contributed by atoms with Crippen LogP contribution in [-0.4, -0.2) is 90.1 Å². The van der Waals surface area contributed by atoms with Crippen LogP contribution < -0.4 is 15.8 Å². The number of piperazine rings is 1. The molecule has 1 aliphatic heterocycles. The topological polar surface area (TPSA) is 140 Å². The normalized spacial score (nSPS) is 14.4. The maximum absolute atomic E-state index is 11.0. The van der Waals surface area contributed by atoms with Crippen molar-refractivity contribution in [3.63, 3.8) is 0 Å². The summed E-state index contributed by atoms with van der Waals surface area (Å²) in [7, 11) is 2.81. The van der Waals surface area contributed by atoms with E-state index in [2.05, 4.69) is 41.3 Å². The van der Waals surface area contributed by atoms with Crippen LogP contribution in [0, 0.1) is 6.57 Å². The van der Waals surface area contributed by atoms with Gasteiger partial charge in [0.05, 0.1) is 20.8 Å². The SMILES string of the molecule is C=C/C=C(\C=C\Nc1ncnc(OC)n1)CN1CCN(C=O)CC1.[C-]#[N+]c1ccc(C[C@H](N)C(=O)OC)cc1. The van der Waals surface area contributed by atoms with E-state index in [4.69, 9.17) is 17.0 Å². The third-order valence-electron chi connectivity index (χ3n) is 5.56. The summed E-state index contributed by atoms with van der Waals surface area (Å²) in [5, 5.41) is 2.99. The second-order valence-electron chi connectivity index (χ2n) is 8.28. The maximum atomic E-state index is 11.0. The number of carbonyl (C=O) groups is 2. The number of nitrogens with two attached hydrogens (primary N) is 1. The molecule has 0 saturated carbocycles. The van der Waals surface area contributed by atoms with Crippen LogP contribution in [0.1, 0.15) is 5.56 Å². The maximum Gasteiger partial charge on any atom is 0.322 e. The molecular weight excluding hydrogens is 500 g/mol. The third-order valence-corrected chi connectivity index (χ3v) is 5.56. The lowest BCUT2D eigenvalue weighted by atomic mass is 10.1. The lowest BCUT2D eigenvalue weighted by Gasteiger charge is -2.32. The van der Waals surface area contributed by atoms with Crippen molar-refractivity contribution in [2.75, 3.05) is 52.3 Å². The summed E-state index contributed by atoms with van der Waals surface area (Å²) < 4.78 is 9.47. The molecular formula is C27H34N8O4. The number of carbonyl (C=O) groups excluding carboxylic acids is 2. The molecule has 1 saturated heterocycles. The number of hydrogen-bond donors (Lipinski definition) is 2. The number of allylic oxidation sites excluding steroid dienone is 2. The van der Waals surface area contributed by atoms with Gasteiger partial charge in [0.2, 0.25) is 12.4 Å². The van der Waals surface area contributed by atoms with E-state index in [9.17, 15) is 9.59 Å². The fraction of sp³-hybridized carbons (Fsp3) is 0.333. The molecule has 0 spiro atoms. The molecule has 2 aromatic rings. The van der Waals surface area contributed by atoms with Gasteiger partial charge in [-0.3, -0.25) is 14.5 Å². The zero-order valence-corrected chi connectivity index (χ0v) is 22.2. The first kappa shape index (κ1) is 30.6. The van der Waals surface area contributed by atoms with Crippen LogP contribution in [0.3, 0.4) is 0 Å². The van der Waals surface area contributed by atoms with Crippen molar-refractivity contribution in [1.29, 1.82) is 0 Å². The average molecular weight is 535 g/mol. The summed E-state index contributed by atoms with van der Waals surface area (Å²) >= 11 is 0. The first-order valence-corrected chi connectivity index (χ1v) is 12.1. The van der Waals surface area contributed by atoms with Gasteiger partial charge in [0, 0.05) is 38.9 Å². The molecule has 3 N–H and O–H groups in total. The van der Waals surface area contributed by atoms with Crippen LogP contribution in [0.25, 0.3) is 4.85 Å². The highest BCUT2D eigenvalue weighted by Gasteiger charge is 2.15. The highest BCUT2D eigenvalue weighted by atomic mass is 16.5. The van der Waals surface area contributed by atoms with Crippen molar-refractivity contribution >= 4 is 24.0 Å². The Balaban J connectivity index is 0.000000306. The minimum Gasteiger partial charge on any atom is -0.468 e. The molecule has 1 aromatic carbocycles. The quantitative estimate of drug-likeness (QED) is 0.190. The Labute approximate surface area is 228 Å². The Hall–Kier alpha value is -4.60. The molecule has 0 aliphatic carbocycles. The lowest BCUT2D eigenvalue weighted by molar-refractivity contribution is -0.142. The predicted octanol–water partition coefficient (Wildman–Crippen LogP) is 1.97. The first-order valence-electron chi connectivity index (χ1n) is 12.1. The van der Waals surface area contributed by atoms with E-state index in [1.54, 1.807) is 41.4 Å². The zero-order valence-electron chi connectivity index (χ0n) is 22.2. The highest BCUT2D eigenvalue weighted by Crippen LogP contribution is 2.13. The van der Waals surface area contributed by atoms with Crippen LogP contribution >= 0.6 is 0 Å². The summed E-state index contributed by atoms with van der Waals surface area (Å²) in [4.78, 5) is 41.1. The minimum absolute atomic E-state index is 0.260. The number of ether oxygens (including phenoxy) is 2. The summed E-state index contributed by atoms with van der Waals surface area (Å²) in [5.74, 6) is -0.0140. The third kappa shape index (κ3) is 11.1. The van der Waals surface area contributed by atoms with Crippen molar-refractivity contribution in [2.24, 2.45) is 5.73 Å². The Morgan fingerprint density at radius 2 is 1.95 bits per heavy atom. The van der Waals surface area contributed by atoms with Crippen molar-refractivity contribution < 1.29 is 19.1 Å². The average Bonchev–Trinajstić information content (AvgIpc) is 2.98. The summed E-state index contributed by atoms with van der Waals surface area (Å²) in [6.45, 7) is 14.6. The molecule has 3 rings (SSSR count). The molecule has 206 valence electrons. The molecule has 2 heterocycles. The fourth-order valence-corrected chi connectivity index (χ4v) is 3.47. The molecule has 1 atom stereocenters. The van der Waals surface area contributed by atoms with Crippen molar-refractivity contribution in [2.45, 2.75) is 12.5 Å². The number of anilines is 1. The molecule has 0 unspecified atom stereocenters. The van der Waals surface area contributed by atoms with Crippen LogP contribution in [0.4, 0.5) is 11.6 Å². The van der Waals surface area contributed by atoms with E-state index in [-0.39, 0.29) is 6.01 Å². The lowest BCUT2D eigenvalue weighted by Crippen LogP contribution is -2.46. The van der Waals surface area contributed by atoms with E-state index in [1.165, 1.54) is 20.5 Å². The number of methoxy groups -OCH3 is 2. The zero-order chi connectivity index (χ0) is 28.5. The number of benzene rings is 1. The molecule has 0 radical (unpaired) electrons. The first-order chi connectivity index (χ1) is 18.9. The Kier molecular flexibility index (Phi) is 13.4. The van der Waals surface area contributed by atoms with Crippen molar-refractivity contribution in [3.8, 4) is 6.01 Å². The molecule has 1 aromatic heterocycles. The fourth-order valence-electron chi connectivity index (χ4n) is 3.47. The molecule has 1 amide bonds. The van der Waals surface area contributed by atoms with E-state index in [0.717, 1.165) is 50.3 Å². The largest absolute Gasteiger partial charge is 0.468 e. The van der Waals surface area contributed by atoms with Crippen LogP contribution in [0.5, 0.6) is 6.01 Å². The van der Waals surface area contributed by atoms with Gasteiger partial charge < -0.3 is 25.4 Å². The molecule has 0 bridgehead atoms. The Morgan fingerprint density at radius 1 is 1.23 bits per heavy atom. The molecule has 12 nitrogen and oxygen atoms in total. The monoisotopic (exact) mass is 534 g/mol. The second kappa shape index (κ2) is 17.0. The Bertz CT molecular complexity index is 1170. The molecule has 39 heavy (non-hydrogen) atoms. The number of aromatic nitrogens is 3. The van der Waals surface area contributed by atoms with Crippen LogP contribution in [-0.2, 0) is 20.7 Å². The standard InChI is InChI=1S/C16H22N6O2.C11H12N2O2/c1-3-4-14(11-21-7-9-22(13-23)10-8-21)5-6-17-15-18-12-19-16(20-15)24-2;1-13-9-5-3-8(4-6-9)7-10(12)11(14)15-2/h3-6,12-13H,1,7-11H2,2H3,(H,17,18,19,20);3-6,10H,7,12H2,2H3/b6-5+,14-4+;/t;10-/m.0/s1. The summed E-state index contributed by atoms with van der Waals surface area (Å²) in [5.41, 5.74) is 8.18. The number of hydrogen-bond acceptors (Lipinski definition) is 10. The summed E-state index contributed by atoms with van der Waals surface area (Å²) in [6.07, 6.45) is 10.1. The van der Waals surface area contributed by atoms with Crippen molar-refractivity contribution in [3.05, 3.63) is 84.2 Å². The highest BCUT2D eigenvalue weighted by molar-refractivity contribution is 5.75. The van der Waals surface area contributed by atoms with E-state index in [1.807, 2.05) is 12.2 Å². The number of nitrogens with one attached hydrogen (secondary N) is 1. The van der Waals surface area contributed by atoms with Crippen molar-refractivity contribution in [1.82, 2.24) is 24.8 Å². The van der Waals surface area contributed by atoms with Gasteiger partial charge in [-0.25, -0.2) is 9.83 Å². The van der Waals surface area contributed by atoms with Gasteiger partial charge in [-0.1, -0.05) is 43.0 Å². The molecule has 12 heteroatoms. The van der Waals surface area contributed by atoms with E-state index >= 15 is 0 Å². The number of nitrogens with zero attached hydrogens (tertiary/aromatic N) is 6. The van der Waals surface area contributed by atoms with Gasteiger partial charge in [0.1, 0.15) is 12.4 Å².